The third kappa shape index (κ3) is 2.30. The second kappa shape index (κ2) is 5.27. The topological polar surface area (TPSA) is 61.4 Å². The van der Waals surface area contributed by atoms with Gasteiger partial charge in [-0.3, -0.25) is 4.79 Å². The number of hydrogen-bond donors (Lipinski definition) is 3. The fourth-order valence-electron chi connectivity index (χ4n) is 3.53. The Morgan fingerprint density at radius 3 is 2.96 bits per heavy atom. The van der Waals surface area contributed by atoms with Crippen LogP contribution in [0.2, 0.25) is 0 Å². The maximum Gasteiger partial charge on any atom is 0.256 e. The van der Waals surface area contributed by atoms with Gasteiger partial charge in [0.05, 0.1) is 5.56 Å². The van der Waals surface area contributed by atoms with Gasteiger partial charge in [0, 0.05) is 10.4 Å². The highest BCUT2D eigenvalue weighted by Gasteiger charge is 2.33. The molecule has 0 radical (unpaired) electrons. The summed E-state index contributed by atoms with van der Waals surface area (Å²) < 4.78 is 0. The first kappa shape index (κ1) is 14.6. The maximum absolute atomic E-state index is 12.7. The van der Waals surface area contributed by atoms with Crippen LogP contribution >= 0.6 is 11.3 Å². The number of carbonyl (C=O) groups is 1. The van der Waals surface area contributed by atoms with E-state index in [9.17, 15) is 9.90 Å². The van der Waals surface area contributed by atoms with Crippen molar-refractivity contribution < 1.29 is 9.90 Å². The van der Waals surface area contributed by atoms with Gasteiger partial charge in [0.15, 0.2) is 0 Å². The number of benzene rings is 1. The molecular weight excluding hydrogens is 308 g/mol. The lowest BCUT2D eigenvalue weighted by molar-refractivity contribution is 0.0935. The highest BCUT2D eigenvalue weighted by atomic mass is 32.1. The number of aromatic hydroxyl groups is 1. The molecule has 0 saturated heterocycles. The average Bonchev–Trinajstić information content (AvgIpc) is 2.87. The Hall–Kier alpha value is -2.01. The predicted octanol–water partition coefficient (Wildman–Crippen LogP) is 3.74. The van der Waals surface area contributed by atoms with Crippen molar-refractivity contribution in [3.8, 4) is 5.75 Å². The van der Waals surface area contributed by atoms with E-state index in [1.54, 1.807) is 11.3 Å². The lowest BCUT2D eigenvalue weighted by atomic mass is 9.88. The van der Waals surface area contributed by atoms with E-state index in [2.05, 4.69) is 17.6 Å². The monoisotopic (exact) mass is 328 g/mol. The number of hydrogen-bond acceptors (Lipinski definition) is 4. The fraction of sp³-hybridized carbons (Fsp3) is 0.389. The van der Waals surface area contributed by atoms with E-state index >= 15 is 0 Å². The molecule has 0 fully saturated rings. The largest absolute Gasteiger partial charge is 0.507 e. The molecule has 2 atom stereocenters. The van der Waals surface area contributed by atoms with Crippen molar-refractivity contribution in [3.05, 3.63) is 45.3 Å². The van der Waals surface area contributed by atoms with Crippen LogP contribution in [0, 0.1) is 12.8 Å². The number of para-hydroxylation sites is 1. The Kier molecular flexibility index (Phi) is 3.34. The first-order chi connectivity index (χ1) is 11.0. The van der Waals surface area contributed by atoms with E-state index in [-0.39, 0.29) is 17.8 Å². The summed E-state index contributed by atoms with van der Waals surface area (Å²) in [5.41, 5.74) is 3.56. The summed E-state index contributed by atoms with van der Waals surface area (Å²) in [5.74, 6) is 0.891. The lowest BCUT2D eigenvalue weighted by Gasteiger charge is -2.27. The van der Waals surface area contributed by atoms with Crippen molar-refractivity contribution in [1.29, 1.82) is 0 Å². The third-order valence-electron chi connectivity index (χ3n) is 4.87. The summed E-state index contributed by atoms with van der Waals surface area (Å²) >= 11 is 1.70. The van der Waals surface area contributed by atoms with Gasteiger partial charge in [0.2, 0.25) is 0 Å². The van der Waals surface area contributed by atoms with Gasteiger partial charge >= 0.3 is 0 Å². The number of phenolic OH excluding ortho intramolecular Hbond substituents is 1. The fourth-order valence-corrected chi connectivity index (χ4v) is 4.97. The summed E-state index contributed by atoms with van der Waals surface area (Å²) in [7, 11) is 0. The molecule has 0 bridgehead atoms. The molecular formula is C18H20N2O2S. The Morgan fingerprint density at radius 2 is 2.13 bits per heavy atom. The normalized spacial score (nSPS) is 22.8. The molecule has 4 nitrogen and oxygen atoms in total. The van der Waals surface area contributed by atoms with Crippen molar-refractivity contribution in [2.45, 2.75) is 39.3 Å². The second-order valence-corrected chi connectivity index (χ2v) is 7.72. The van der Waals surface area contributed by atoms with Gasteiger partial charge in [-0.2, -0.15) is 0 Å². The second-order valence-electron chi connectivity index (χ2n) is 6.62. The van der Waals surface area contributed by atoms with Gasteiger partial charge in [-0.1, -0.05) is 25.1 Å². The Balaban J connectivity index is 1.73. The van der Waals surface area contributed by atoms with Gasteiger partial charge < -0.3 is 15.7 Å². The molecule has 1 aromatic heterocycles. The Morgan fingerprint density at radius 1 is 1.30 bits per heavy atom. The van der Waals surface area contributed by atoms with E-state index < -0.39 is 0 Å². The molecule has 0 spiro atoms. The minimum atomic E-state index is -0.382. The van der Waals surface area contributed by atoms with Crippen LogP contribution in [0.4, 0.5) is 5.00 Å². The number of anilines is 1. The molecule has 4 rings (SSSR count). The minimum Gasteiger partial charge on any atom is -0.507 e. The summed E-state index contributed by atoms with van der Waals surface area (Å²) in [6.45, 7) is 4.13. The average molecular weight is 328 g/mol. The van der Waals surface area contributed by atoms with Crippen LogP contribution in [0.1, 0.15) is 51.4 Å². The first-order valence-corrected chi connectivity index (χ1v) is 8.86. The molecule has 2 aromatic rings. The van der Waals surface area contributed by atoms with E-state index in [0.717, 1.165) is 35.4 Å². The van der Waals surface area contributed by atoms with Gasteiger partial charge in [-0.25, -0.2) is 0 Å². The molecule has 1 aliphatic carbocycles. The zero-order chi connectivity index (χ0) is 16.1. The smallest absolute Gasteiger partial charge is 0.256 e. The van der Waals surface area contributed by atoms with Crippen LogP contribution in [0.3, 0.4) is 0 Å². The molecule has 1 aliphatic heterocycles. The number of phenols is 1. The standard InChI is InChI=1S/C18H20N2O2S/c1-9-6-7-11-13(8-9)23-18-14(11)17(22)19-16(20-18)12-5-3-4-10(2)15(12)21/h3-5,9,16,20-21H,6-8H2,1-2H3,(H,19,22). The number of thiophene rings is 1. The number of amides is 1. The molecule has 2 heterocycles. The van der Waals surface area contributed by atoms with Crippen molar-refractivity contribution in [2.75, 3.05) is 5.32 Å². The number of aryl methyl sites for hydroxylation is 1. The summed E-state index contributed by atoms with van der Waals surface area (Å²) in [4.78, 5) is 14.0. The molecule has 5 heteroatoms. The van der Waals surface area contributed by atoms with Crippen LogP contribution in [0.5, 0.6) is 5.75 Å². The van der Waals surface area contributed by atoms with E-state index in [1.807, 2.05) is 25.1 Å². The zero-order valence-electron chi connectivity index (χ0n) is 13.3. The summed E-state index contributed by atoms with van der Waals surface area (Å²) in [6.07, 6.45) is 2.80. The molecule has 1 aromatic carbocycles. The van der Waals surface area contributed by atoms with Crippen LogP contribution in [-0.4, -0.2) is 11.0 Å². The minimum absolute atomic E-state index is 0.0308. The molecule has 1 amide bonds. The molecule has 2 unspecified atom stereocenters. The predicted molar refractivity (Wildman–Crippen MR) is 92.2 cm³/mol. The van der Waals surface area contributed by atoms with E-state index in [1.165, 1.54) is 10.4 Å². The van der Waals surface area contributed by atoms with Crippen LogP contribution in [-0.2, 0) is 12.8 Å². The van der Waals surface area contributed by atoms with Gasteiger partial charge in [0.25, 0.3) is 5.91 Å². The number of fused-ring (bicyclic) bond motifs is 3. The SMILES string of the molecule is Cc1cccc(C2NC(=O)c3c(sc4c3CCC(C)C4)N2)c1O. The van der Waals surface area contributed by atoms with Gasteiger partial charge in [-0.15, -0.1) is 11.3 Å². The van der Waals surface area contributed by atoms with Crippen molar-refractivity contribution in [1.82, 2.24) is 5.32 Å². The van der Waals surface area contributed by atoms with Crippen LogP contribution in [0.15, 0.2) is 18.2 Å². The van der Waals surface area contributed by atoms with E-state index in [0.29, 0.717) is 11.5 Å². The molecule has 120 valence electrons. The molecule has 2 aliphatic rings. The maximum atomic E-state index is 12.7. The number of rotatable bonds is 1. The molecule has 23 heavy (non-hydrogen) atoms. The quantitative estimate of drug-likeness (QED) is 0.747. The highest BCUT2D eigenvalue weighted by Crippen LogP contribution is 2.43. The summed E-state index contributed by atoms with van der Waals surface area (Å²) in [6, 6.07) is 5.61. The Bertz CT molecular complexity index is 797. The van der Waals surface area contributed by atoms with Gasteiger partial charge in [0.1, 0.15) is 16.9 Å². The Labute approximate surface area is 139 Å². The van der Waals surface area contributed by atoms with Crippen molar-refractivity contribution in [2.24, 2.45) is 5.92 Å². The van der Waals surface area contributed by atoms with Crippen molar-refractivity contribution >= 4 is 22.2 Å². The number of carbonyl (C=O) groups excluding carboxylic acids is 1. The van der Waals surface area contributed by atoms with Crippen molar-refractivity contribution in [3.63, 3.8) is 0 Å². The summed E-state index contributed by atoms with van der Waals surface area (Å²) in [5, 5.41) is 17.6. The highest BCUT2D eigenvalue weighted by molar-refractivity contribution is 7.16. The lowest BCUT2D eigenvalue weighted by Crippen LogP contribution is -2.38. The van der Waals surface area contributed by atoms with Gasteiger partial charge in [-0.05, 0) is 43.2 Å². The van der Waals surface area contributed by atoms with Crippen LogP contribution in [0.25, 0.3) is 0 Å². The molecule has 3 N–H and O–H groups in total. The molecule has 0 saturated carbocycles. The van der Waals surface area contributed by atoms with Crippen LogP contribution < -0.4 is 10.6 Å². The third-order valence-corrected chi connectivity index (χ3v) is 6.06. The first-order valence-electron chi connectivity index (χ1n) is 8.05. The number of nitrogens with one attached hydrogen (secondary N) is 2. The van der Waals surface area contributed by atoms with E-state index in [4.69, 9.17) is 0 Å². The zero-order valence-corrected chi connectivity index (χ0v) is 14.1.